The molecule has 3 N–H and O–H groups in total. The summed E-state index contributed by atoms with van der Waals surface area (Å²) in [5, 5.41) is 3.32. The summed E-state index contributed by atoms with van der Waals surface area (Å²) in [7, 11) is 3.79. The molecule has 0 aliphatic rings. The highest BCUT2D eigenvalue weighted by Gasteiger charge is 2.11. The third-order valence-electron chi connectivity index (χ3n) is 2.11. The van der Waals surface area contributed by atoms with E-state index in [9.17, 15) is 4.79 Å². The first-order valence-corrected chi connectivity index (χ1v) is 5.33. The molecule has 1 rings (SSSR count). The Labute approximate surface area is 100 Å². The zero-order valence-electron chi connectivity index (χ0n) is 9.62. The molecular weight excluding hydrogens is 226 g/mol. The number of amides is 1. The average molecular weight is 242 g/mol. The summed E-state index contributed by atoms with van der Waals surface area (Å²) in [4.78, 5) is 13.4. The number of anilines is 2. The number of nitrogens with one attached hydrogen (secondary N) is 1. The van der Waals surface area contributed by atoms with Crippen molar-refractivity contribution < 1.29 is 4.79 Å². The molecule has 0 aliphatic carbocycles. The summed E-state index contributed by atoms with van der Waals surface area (Å²) < 4.78 is 0. The van der Waals surface area contributed by atoms with Crippen LogP contribution in [0.3, 0.4) is 0 Å². The van der Waals surface area contributed by atoms with Crippen LogP contribution < -0.4 is 16.0 Å². The lowest BCUT2D eigenvalue weighted by molar-refractivity contribution is -0.117. The zero-order chi connectivity index (χ0) is 12.3. The Morgan fingerprint density at radius 3 is 2.62 bits per heavy atom. The van der Waals surface area contributed by atoms with E-state index in [1.54, 1.807) is 19.1 Å². The van der Waals surface area contributed by atoms with Gasteiger partial charge in [-0.25, -0.2) is 0 Å². The van der Waals surface area contributed by atoms with Gasteiger partial charge in [0.15, 0.2) is 0 Å². The molecule has 5 heteroatoms. The smallest absolute Gasteiger partial charge is 0.241 e. The van der Waals surface area contributed by atoms with E-state index in [-0.39, 0.29) is 5.91 Å². The third-order valence-corrected chi connectivity index (χ3v) is 2.35. The predicted molar refractivity (Wildman–Crippen MR) is 68.1 cm³/mol. The molecule has 0 aromatic heterocycles. The second kappa shape index (κ2) is 5.18. The molecule has 4 nitrogen and oxygen atoms in total. The maximum absolute atomic E-state index is 11.5. The summed E-state index contributed by atoms with van der Waals surface area (Å²) in [6.07, 6.45) is 0. The van der Waals surface area contributed by atoms with Crippen molar-refractivity contribution in [3.05, 3.63) is 23.2 Å². The van der Waals surface area contributed by atoms with Crippen molar-refractivity contribution in [1.29, 1.82) is 0 Å². The van der Waals surface area contributed by atoms with Gasteiger partial charge in [0.2, 0.25) is 5.91 Å². The first-order chi connectivity index (χ1) is 7.41. The topological polar surface area (TPSA) is 58.4 Å². The molecule has 0 saturated carbocycles. The lowest BCUT2D eigenvalue weighted by Crippen LogP contribution is -2.33. The maximum atomic E-state index is 11.5. The van der Waals surface area contributed by atoms with Gasteiger partial charge >= 0.3 is 0 Å². The van der Waals surface area contributed by atoms with Crippen molar-refractivity contribution >= 4 is 28.9 Å². The summed E-state index contributed by atoms with van der Waals surface area (Å²) in [5.74, 6) is -0.231. The van der Waals surface area contributed by atoms with Crippen LogP contribution in [0.15, 0.2) is 18.2 Å². The van der Waals surface area contributed by atoms with E-state index >= 15 is 0 Å². The molecule has 0 fully saturated rings. The fourth-order valence-electron chi connectivity index (χ4n) is 1.24. The Hall–Kier alpha value is -1.26. The van der Waals surface area contributed by atoms with E-state index < -0.39 is 6.04 Å². The van der Waals surface area contributed by atoms with Gasteiger partial charge in [-0.1, -0.05) is 11.6 Å². The average Bonchev–Trinajstić information content (AvgIpc) is 2.16. The normalized spacial score (nSPS) is 12.1. The van der Waals surface area contributed by atoms with Crippen molar-refractivity contribution in [2.24, 2.45) is 5.73 Å². The predicted octanol–water partition coefficient (Wildman–Crippen LogP) is 1.69. The van der Waals surface area contributed by atoms with Crippen LogP contribution in [0.2, 0.25) is 5.02 Å². The molecule has 0 radical (unpaired) electrons. The number of nitrogens with zero attached hydrogens (tertiary/aromatic N) is 1. The van der Waals surface area contributed by atoms with E-state index in [0.717, 1.165) is 5.69 Å². The van der Waals surface area contributed by atoms with Crippen molar-refractivity contribution in [3.63, 3.8) is 0 Å². The highest BCUT2D eigenvalue weighted by Crippen LogP contribution is 2.27. The monoisotopic (exact) mass is 241 g/mol. The van der Waals surface area contributed by atoms with Crippen molar-refractivity contribution in [2.45, 2.75) is 13.0 Å². The van der Waals surface area contributed by atoms with E-state index in [2.05, 4.69) is 5.32 Å². The Balaban J connectivity index is 3.01. The van der Waals surface area contributed by atoms with Gasteiger partial charge < -0.3 is 16.0 Å². The zero-order valence-corrected chi connectivity index (χ0v) is 10.4. The Morgan fingerprint density at radius 2 is 2.12 bits per heavy atom. The number of hydrogen-bond donors (Lipinski definition) is 2. The second-order valence-electron chi connectivity index (χ2n) is 3.83. The molecule has 0 saturated heterocycles. The summed E-state index contributed by atoms with van der Waals surface area (Å²) in [5.41, 5.74) is 7.04. The number of rotatable bonds is 3. The minimum atomic E-state index is -0.547. The molecule has 1 amide bonds. The molecule has 0 heterocycles. The van der Waals surface area contributed by atoms with Crippen LogP contribution in [0.25, 0.3) is 0 Å². The van der Waals surface area contributed by atoms with Crippen LogP contribution >= 0.6 is 11.6 Å². The van der Waals surface area contributed by atoms with Gasteiger partial charge in [-0.3, -0.25) is 4.79 Å². The molecule has 1 aromatic carbocycles. The Kier molecular flexibility index (Phi) is 4.15. The Bertz CT molecular complexity index is 391. The van der Waals surface area contributed by atoms with E-state index in [0.29, 0.717) is 10.7 Å². The van der Waals surface area contributed by atoms with Gasteiger partial charge in [0.05, 0.1) is 17.4 Å². The number of benzene rings is 1. The lowest BCUT2D eigenvalue weighted by atomic mass is 10.2. The SMILES string of the molecule is C[C@H](N)C(=O)Nc1cc(Cl)ccc1N(C)C. The minimum absolute atomic E-state index is 0.231. The van der Waals surface area contributed by atoms with Gasteiger partial charge in [0.1, 0.15) is 0 Å². The van der Waals surface area contributed by atoms with Crippen LogP contribution in [-0.4, -0.2) is 26.0 Å². The largest absolute Gasteiger partial charge is 0.376 e. The van der Waals surface area contributed by atoms with Gasteiger partial charge in [-0.05, 0) is 25.1 Å². The van der Waals surface area contributed by atoms with Crippen LogP contribution in [0.4, 0.5) is 11.4 Å². The van der Waals surface area contributed by atoms with Crippen LogP contribution in [0, 0.1) is 0 Å². The second-order valence-corrected chi connectivity index (χ2v) is 4.27. The van der Waals surface area contributed by atoms with Crippen molar-refractivity contribution in [1.82, 2.24) is 0 Å². The first-order valence-electron chi connectivity index (χ1n) is 4.95. The van der Waals surface area contributed by atoms with Crippen LogP contribution in [0.5, 0.6) is 0 Å². The number of carbonyl (C=O) groups is 1. The first kappa shape index (κ1) is 12.8. The fourth-order valence-corrected chi connectivity index (χ4v) is 1.42. The number of carbonyl (C=O) groups excluding carboxylic acids is 1. The molecule has 88 valence electrons. The van der Waals surface area contributed by atoms with Gasteiger partial charge in [0, 0.05) is 19.1 Å². The van der Waals surface area contributed by atoms with E-state index in [1.807, 2.05) is 25.1 Å². The molecular formula is C11H16ClN3O. The molecule has 0 unspecified atom stereocenters. The molecule has 16 heavy (non-hydrogen) atoms. The molecule has 1 aromatic rings. The van der Waals surface area contributed by atoms with Gasteiger partial charge in [0.25, 0.3) is 0 Å². The standard InChI is InChI=1S/C11H16ClN3O/c1-7(13)11(16)14-9-6-8(12)4-5-10(9)15(2)3/h4-7H,13H2,1-3H3,(H,14,16)/t7-/m0/s1. The van der Waals surface area contributed by atoms with Crippen molar-refractivity contribution in [3.8, 4) is 0 Å². The third kappa shape index (κ3) is 3.12. The van der Waals surface area contributed by atoms with E-state index in [4.69, 9.17) is 17.3 Å². The van der Waals surface area contributed by atoms with Crippen LogP contribution in [0.1, 0.15) is 6.92 Å². The van der Waals surface area contributed by atoms with E-state index in [1.165, 1.54) is 0 Å². The minimum Gasteiger partial charge on any atom is -0.376 e. The number of halogens is 1. The van der Waals surface area contributed by atoms with Crippen molar-refractivity contribution in [2.75, 3.05) is 24.3 Å². The number of hydrogen-bond acceptors (Lipinski definition) is 3. The van der Waals surface area contributed by atoms with Crippen LogP contribution in [-0.2, 0) is 4.79 Å². The highest BCUT2D eigenvalue weighted by atomic mass is 35.5. The Morgan fingerprint density at radius 1 is 1.50 bits per heavy atom. The molecule has 0 spiro atoms. The highest BCUT2D eigenvalue weighted by molar-refractivity contribution is 6.31. The summed E-state index contributed by atoms with van der Waals surface area (Å²) in [6, 6.07) is 4.78. The van der Waals surface area contributed by atoms with Gasteiger partial charge in [-0.2, -0.15) is 0 Å². The number of nitrogens with two attached hydrogens (primary N) is 1. The molecule has 1 atom stereocenters. The quantitative estimate of drug-likeness (QED) is 0.847. The summed E-state index contributed by atoms with van der Waals surface area (Å²) in [6.45, 7) is 1.63. The maximum Gasteiger partial charge on any atom is 0.241 e. The fraction of sp³-hybridized carbons (Fsp3) is 0.364. The summed E-state index contributed by atoms with van der Waals surface area (Å²) >= 11 is 5.88. The van der Waals surface area contributed by atoms with Gasteiger partial charge in [-0.15, -0.1) is 0 Å². The molecule has 0 bridgehead atoms. The lowest BCUT2D eigenvalue weighted by Gasteiger charge is -2.18. The molecule has 0 aliphatic heterocycles.